The van der Waals surface area contributed by atoms with Gasteiger partial charge in [-0.25, -0.2) is 0 Å². The zero-order valence-electron chi connectivity index (χ0n) is 12.5. The molecule has 0 bridgehead atoms. The van der Waals surface area contributed by atoms with Crippen LogP contribution in [0.15, 0.2) is 24.3 Å². The summed E-state index contributed by atoms with van der Waals surface area (Å²) in [4.78, 5) is 2.12. The molecule has 3 nitrogen and oxygen atoms in total. The van der Waals surface area contributed by atoms with Gasteiger partial charge in [-0.05, 0) is 43.9 Å². The van der Waals surface area contributed by atoms with Crippen LogP contribution in [0.1, 0.15) is 37.8 Å². The third-order valence-electron chi connectivity index (χ3n) is 4.13. The van der Waals surface area contributed by atoms with Crippen LogP contribution < -0.4 is 10.2 Å². The third kappa shape index (κ3) is 3.48. The van der Waals surface area contributed by atoms with Crippen molar-refractivity contribution in [2.24, 2.45) is 0 Å². The van der Waals surface area contributed by atoms with E-state index in [-0.39, 0.29) is 0 Å². The molecule has 3 atom stereocenters. The average molecular weight is 262 g/mol. The van der Waals surface area contributed by atoms with Gasteiger partial charge in [0.1, 0.15) is 0 Å². The summed E-state index contributed by atoms with van der Waals surface area (Å²) in [7, 11) is 5.96. The summed E-state index contributed by atoms with van der Waals surface area (Å²) < 4.78 is 5.54. The topological polar surface area (TPSA) is 24.5 Å². The molecule has 1 aliphatic carbocycles. The lowest BCUT2D eigenvalue weighted by molar-refractivity contribution is 0.0820. The van der Waals surface area contributed by atoms with Crippen LogP contribution in [-0.4, -0.2) is 33.4 Å². The zero-order valence-corrected chi connectivity index (χ0v) is 12.5. The summed E-state index contributed by atoms with van der Waals surface area (Å²) in [5.74, 6) is 0. The largest absolute Gasteiger partial charge is 0.380 e. The Morgan fingerprint density at radius 2 is 1.89 bits per heavy atom. The van der Waals surface area contributed by atoms with Gasteiger partial charge in [-0.15, -0.1) is 0 Å². The van der Waals surface area contributed by atoms with E-state index in [1.54, 1.807) is 0 Å². The van der Waals surface area contributed by atoms with Crippen LogP contribution in [0.4, 0.5) is 5.69 Å². The molecule has 106 valence electrons. The summed E-state index contributed by atoms with van der Waals surface area (Å²) in [6, 6.07) is 9.64. The highest BCUT2D eigenvalue weighted by atomic mass is 16.5. The van der Waals surface area contributed by atoms with E-state index in [4.69, 9.17) is 4.74 Å². The van der Waals surface area contributed by atoms with Crippen molar-refractivity contribution in [1.29, 1.82) is 0 Å². The van der Waals surface area contributed by atoms with Crippen molar-refractivity contribution in [2.45, 2.75) is 44.4 Å². The molecule has 1 aromatic rings. The Morgan fingerprint density at radius 3 is 2.47 bits per heavy atom. The first kappa shape index (κ1) is 14.4. The molecule has 19 heavy (non-hydrogen) atoms. The van der Waals surface area contributed by atoms with Gasteiger partial charge >= 0.3 is 0 Å². The van der Waals surface area contributed by atoms with Gasteiger partial charge in [-0.2, -0.15) is 0 Å². The molecular formula is C16H26N2O. The molecule has 0 saturated heterocycles. The lowest BCUT2D eigenvalue weighted by Gasteiger charge is -2.25. The second-order valence-corrected chi connectivity index (χ2v) is 5.69. The number of nitrogens with zero attached hydrogens (tertiary/aromatic N) is 1. The van der Waals surface area contributed by atoms with Gasteiger partial charge in [0, 0.05) is 39.0 Å². The molecule has 0 radical (unpaired) electrons. The van der Waals surface area contributed by atoms with Gasteiger partial charge in [0.25, 0.3) is 0 Å². The first-order chi connectivity index (χ1) is 9.11. The number of rotatable bonds is 5. The highest BCUT2D eigenvalue weighted by Crippen LogP contribution is 2.25. The lowest BCUT2D eigenvalue weighted by Crippen LogP contribution is -2.38. The maximum absolute atomic E-state index is 5.54. The maximum Gasteiger partial charge on any atom is 0.0724 e. The van der Waals surface area contributed by atoms with Crippen LogP contribution in [0.25, 0.3) is 0 Å². The van der Waals surface area contributed by atoms with E-state index in [9.17, 15) is 0 Å². The minimum atomic E-state index is 0.372. The predicted octanol–water partition coefficient (Wildman–Crippen LogP) is 2.97. The third-order valence-corrected chi connectivity index (χ3v) is 4.13. The van der Waals surface area contributed by atoms with E-state index in [0.29, 0.717) is 18.2 Å². The summed E-state index contributed by atoms with van der Waals surface area (Å²) in [6.45, 7) is 2.23. The van der Waals surface area contributed by atoms with Crippen molar-refractivity contribution >= 4 is 5.69 Å². The van der Waals surface area contributed by atoms with E-state index in [2.05, 4.69) is 55.5 Å². The second-order valence-electron chi connectivity index (χ2n) is 5.69. The highest BCUT2D eigenvalue weighted by molar-refractivity contribution is 5.46. The van der Waals surface area contributed by atoms with Gasteiger partial charge in [-0.1, -0.05) is 12.1 Å². The molecule has 1 aliphatic rings. The molecule has 1 saturated carbocycles. The van der Waals surface area contributed by atoms with Gasteiger partial charge in [0.05, 0.1) is 6.10 Å². The quantitative estimate of drug-likeness (QED) is 0.883. The molecule has 0 aliphatic heterocycles. The Balaban J connectivity index is 1.97. The van der Waals surface area contributed by atoms with Crippen molar-refractivity contribution in [3.8, 4) is 0 Å². The van der Waals surface area contributed by atoms with Crippen LogP contribution in [0, 0.1) is 0 Å². The SMILES string of the molecule is COC1CCCC1NC(C)c1ccc(N(C)C)cc1. The zero-order chi connectivity index (χ0) is 13.8. The number of hydrogen-bond acceptors (Lipinski definition) is 3. The van der Waals surface area contributed by atoms with Gasteiger partial charge in [-0.3, -0.25) is 0 Å². The van der Waals surface area contributed by atoms with E-state index in [1.165, 1.54) is 30.5 Å². The molecule has 0 aromatic heterocycles. The molecule has 3 unspecified atom stereocenters. The normalized spacial score (nSPS) is 24.4. The minimum absolute atomic E-state index is 0.372. The summed E-state index contributed by atoms with van der Waals surface area (Å²) >= 11 is 0. The minimum Gasteiger partial charge on any atom is -0.380 e. The molecule has 0 amide bonds. The Labute approximate surface area is 116 Å². The summed E-state index contributed by atoms with van der Waals surface area (Å²) in [6.07, 6.45) is 4.05. The molecule has 1 fully saturated rings. The fraction of sp³-hybridized carbons (Fsp3) is 0.625. The van der Waals surface area contributed by atoms with Gasteiger partial charge < -0.3 is 15.0 Å². The molecule has 3 heteroatoms. The lowest BCUT2D eigenvalue weighted by atomic mass is 10.1. The van der Waals surface area contributed by atoms with E-state index in [0.717, 1.165) is 0 Å². The van der Waals surface area contributed by atoms with Crippen molar-refractivity contribution < 1.29 is 4.74 Å². The van der Waals surface area contributed by atoms with E-state index in [1.807, 2.05) is 7.11 Å². The Morgan fingerprint density at radius 1 is 1.21 bits per heavy atom. The smallest absolute Gasteiger partial charge is 0.0724 e. The summed E-state index contributed by atoms with van der Waals surface area (Å²) in [5, 5.41) is 3.71. The fourth-order valence-corrected chi connectivity index (χ4v) is 2.88. The number of nitrogens with one attached hydrogen (secondary N) is 1. The molecule has 0 heterocycles. The van der Waals surface area contributed by atoms with Crippen molar-refractivity contribution in [2.75, 3.05) is 26.1 Å². The van der Waals surface area contributed by atoms with Crippen LogP contribution in [0.3, 0.4) is 0 Å². The van der Waals surface area contributed by atoms with E-state index < -0.39 is 0 Å². The molecular weight excluding hydrogens is 236 g/mol. The molecule has 1 aromatic carbocycles. The number of methoxy groups -OCH3 is 1. The fourth-order valence-electron chi connectivity index (χ4n) is 2.88. The monoisotopic (exact) mass is 262 g/mol. The average Bonchev–Trinajstić information content (AvgIpc) is 2.86. The van der Waals surface area contributed by atoms with Crippen LogP contribution >= 0.6 is 0 Å². The second kappa shape index (κ2) is 6.40. The van der Waals surface area contributed by atoms with Crippen molar-refractivity contribution in [3.05, 3.63) is 29.8 Å². The van der Waals surface area contributed by atoms with Gasteiger partial charge in [0.2, 0.25) is 0 Å². The molecule has 2 rings (SSSR count). The van der Waals surface area contributed by atoms with Crippen molar-refractivity contribution in [3.63, 3.8) is 0 Å². The highest BCUT2D eigenvalue weighted by Gasteiger charge is 2.28. The van der Waals surface area contributed by atoms with Crippen LogP contribution in [-0.2, 0) is 4.74 Å². The number of ether oxygens (including phenoxy) is 1. The number of hydrogen-bond donors (Lipinski definition) is 1. The van der Waals surface area contributed by atoms with Crippen molar-refractivity contribution in [1.82, 2.24) is 5.32 Å². The first-order valence-corrected chi connectivity index (χ1v) is 7.18. The molecule has 0 spiro atoms. The summed E-state index contributed by atoms with van der Waals surface area (Å²) in [5.41, 5.74) is 2.58. The Hall–Kier alpha value is -1.06. The predicted molar refractivity (Wildman–Crippen MR) is 80.8 cm³/mol. The Bertz CT molecular complexity index is 388. The Kier molecular flexibility index (Phi) is 4.83. The maximum atomic E-state index is 5.54. The van der Waals surface area contributed by atoms with Gasteiger partial charge in [0.15, 0.2) is 0 Å². The molecule has 1 N–H and O–H groups in total. The van der Waals surface area contributed by atoms with E-state index >= 15 is 0 Å². The van der Waals surface area contributed by atoms with Crippen LogP contribution in [0.5, 0.6) is 0 Å². The first-order valence-electron chi connectivity index (χ1n) is 7.18. The standard InChI is InChI=1S/C16H26N2O/c1-12(17-15-6-5-7-16(15)19-4)13-8-10-14(11-9-13)18(2)3/h8-12,15-17H,5-7H2,1-4H3. The number of benzene rings is 1. The van der Waals surface area contributed by atoms with Crippen LogP contribution in [0.2, 0.25) is 0 Å². The number of anilines is 1.